The number of rotatable bonds is 5. The molecule has 0 unspecified atom stereocenters. The van der Waals surface area contributed by atoms with Gasteiger partial charge >= 0.3 is 5.97 Å². The topological polar surface area (TPSA) is 46.5 Å². The highest BCUT2D eigenvalue weighted by Crippen LogP contribution is 2.65. The first-order valence-electron chi connectivity index (χ1n) is 7.00. The van der Waals surface area contributed by atoms with Crippen LogP contribution < -0.4 is 0 Å². The van der Waals surface area contributed by atoms with Gasteiger partial charge in [-0.25, -0.2) is 4.39 Å². The number of hydrogen-bond acceptors (Lipinski definition) is 3. The number of carbonyl (C=O) groups excluding carboxylic acids is 1. The highest BCUT2D eigenvalue weighted by Gasteiger charge is 2.68. The number of carbonyl (C=O) groups is 1. The second-order valence-corrected chi connectivity index (χ2v) is 6.56. The molecule has 2 rings (SSSR count). The van der Waals surface area contributed by atoms with Gasteiger partial charge in [0.1, 0.15) is 11.9 Å². The average Bonchev–Trinajstić information content (AvgIpc) is 3.27. The molecular formula is C16H20ClFO3. The third-order valence-corrected chi connectivity index (χ3v) is 5.40. The zero-order valence-corrected chi connectivity index (χ0v) is 13.2. The first kappa shape index (κ1) is 16.2. The SMILES string of the molecule is COC(=O)[C@](Cl)([C@@H](O)c1ccc(F)cc1)C1(C(C)C)CC1. The maximum Gasteiger partial charge on any atom is 0.330 e. The maximum absolute atomic E-state index is 13.0. The van der Waals surface area contributed by atoms with E-state index in [1.807, 2.05) is 13.8 Å². The first-order valence-corrected chi connectivity index (χ1v) is 7.38. The van der Waals surface area contributed by atoms with Crippen molar-refractivity contribution < 1.29 is 19.0 Å². The van der Waals surface area contributed by atoms with E-state index in [1.165, 1.54) is 31.4 Å². The first-order chi connectivity index (χ1) is 9.79. The van der Waals surface area contributed by atoms with Crippen molar-refractivity contribution in [3.63, 3.8) is 0 Å². The molecule has 1 aliphatic rings. The monoisotopic (exact) mass is 314 g/mol. The molecule has 116 valence electrons. The van der Waals surface area contributed by atoms with Gasteiger partial charge < -0.3 is 9.84 Å². The second-order valence-electron chi connectivity index (χ2n) is 5.97. The molecule has 5 heteroatoms. The van der Waals surface area contributed by atoms with Crippen LogP contribution in [0, 0.1) is 17.2 Å². The van der Waals surface area contributed by atoms with E-state index in [2.05, 4.69) is 0 Å². The molecule has 0 bridgehead atoms. The third-order valence-electron chi connectivity index (χ3n) is 4.66. The number of hydrogen-bond donors (Lipinski definition) is 1. The van der Waals surface area contributed by atoms with Gasteiger partial charge in [-0.15, -0.1) is 11.6 Å². The summed E-state index contributed by atoms with van der Waals surface area (Å²) in [5.74, 6) is -0.939. The van der Waals surface area contributed by atoms with Gasteiger partial charge in [-0.2, -0.15) is 0 Å². The Labute approximate surface area is 129 Å². The molecule has 3 nitrogen and oxygen atoms in total. The third kappa shape index (κ3) is 2.44. The van der Waals surface area contributed by atoms with Crippen LogP contribution in [0.15, 0.2) is 24.3 Å². The van der Waals surface area contributed by atoms with Crippen molar-refractivity contribution in [1.29, 1.82) is 0 Å². The highest BCUT2D eigenvalue weighted by molar-refractivity contribution is 6.35. The molecule has 1 fully saturated rings. The summed E-state index contributed by atoms with van der Waals surface area (Å²) >= 11 is 6.65. The van der Waals surface area contributed by atoms with E-state index >= 15 is 0 Å². The minimum absolute atomic E-state index is 0.115. The lowest BCUT2D eigenvalue weighted by Crippen LogP contribution is -2.50. The van der Waals surface area contributed by atoms with Crippen LogP contribution in [-0.4, -0.2) is 23.1 Å². The smallest absolute Gasteiger partial charge is 0.330 e. The zero-order valence-electron chi connectivity index (χ0n) is 12.4. The van der Waals surface area contributed by atoms with Gasteiger partial charge in [0.05, 0.1) is 7.11 Å². The summed E-state index contributed by atoms with van der Waals surface area (Å²) < 4.78 is 17.9. The predicted molar refractivity (Wildman–Crippen MR) is 78.5 cm³/mol. The molecule has 0 heterocycles. The normalized spacial score (nSPS) is 20.7. The molecule has 0 amide bonds. The Morgan fingerprint density at radius 2 is 1.90 bits per heavy atom. The van der Waals surface area contributed by atoms with Crippen molar-refractivity contribution in [2.75, 3.05) is 7.11 Å². The number of aliphatic hydroxyl groups is 1. The van der Waals surface area contributed by atoms with Crippen molar-refractivity contribution in [3.8, 4) is 0 Å². The number of aliphatic hydroxyl groups excluding tert-OH is 1. The van der Waals surface area contributed by atoms with Crippen LogP contribution in [0.4, 0.5) is 4.39 Å². The Morgan fingerprint density at radius 1 is 1.38 bits per heavy atom. The van der Waals surface area contributed by atoms with E-state index in [0.29, 0.717) is 5.56 Å². The summed E-state index contributed by atoms with van der Waals surface area (Å²) in [6, 6.07) is 5.36. The number of benzene rings is 1. The molecule has 2 atom stereocenters. The molecule has 1 aliphatic carbocycles. The van der Waals surface area contributed by atoms with Gasteiger partial charge in [0.15, 0.2) is 4.87 Å². The number of ether oxygens (including phenoxy) is 1. The molecule has 1 saturated carbocycles. The van der Waals surface area contributed by atoms with Crippen LogP contribution in [-0.2, 0) is 9.53 Å². The Hall–Kier alpha value is -1.13. The maximum atomic E-state index is 13.0. The molecule has 0 aliphatic heterocycles. The summed E-state index contributed by atoms with van der Waals surface area (Å²) in [5, 5.41) is 10.7. The fourth-order valence-corrected chi connectivity index (χ4v) is 3.72. The van der Waals surface area contributed by atoms with Crippen LogP contribution in [0.3, 0.4) is 0 Å². The predicted octanol–water partition coefficient (Wildman–Crippen LogP) is 3.45. The summed E-state index contributed by atoms with van der Waals surface area (Å²) in [6.45, 7) is 3.95. The summed E-state index contributed by atoms with van der Waals surface area (Å²) in [7, 11) is 1.26. The van der Waals surface area contributed by atoms with Crippen molar-refractivity contribution in [3.05, 3.63) is 35.6 Å². The summed E-state index contributed by atoms with van der Waals surface area (Å²) in [4.78, 5) is 10.8. The van der Waals surface area contributed by atoms with Gasteiger partial charge in [0.25, 0.3) is 0 Å². The number of alkyl halides is 1. The van der Waals surface area contributed by atoms with Crippen LogP contribution in [0.2, 0.25) is 0 Å². The number of methoxy groups -OCH3 is 1. The van der Waals surface area contributed by atoms with Gasteiger partial charge in [-0.1, -0.05) is 26.0 Å². The van der Waals surface area contributed by atoms with E-state index in [-0.39, 0.29) is 5.92 Å². The van der Waals surface area contributed by atoms with E-state index in [0.717, 1.165) is 12.8 Å². The van der Waals surface area contributed by atoms with Crippen LogP contribution >= 0.6 is 11.6 Å². The van der Waals surface area contributed by atoms with E-state index < -0.39 is 28.2 Å². The van der Waals surface area contributed by atoms with E-state index in [9.17, 15) is 14.3 Å². The molecule has 0 spiro atoms. The molecule has 0 saturated heterocycles. The van der Waals surface area contributed by atoms with Gasteiger partial charge in [0, 0.05) is 5.41 Å². The fourth-order valence-electron chi connectivity index (χ4n) is 3.11. The molecule has 0 radical (unpaired) electrons. The molecule has 1 aromatic rings. The van der Waals surface area contributed by atoms with Gasteiger partial charge in [0.2, 0.25) is 0 Å². The standard InChI is InChI=1S/C16H20ClFO3/c1-10(2)15(8-9-15)16(17,14(20)21-3)13(19)11-4-6-12(18)7-5-11/h4-7,10,13,19H,8-9H2,1-3H3/t13-,16+/m0/s1. The van der Waals surface area contributed by atoms with Crippen molar-refractivity contribution in [2.24, 2.45) is 11.3 Å². The Morgan fingerprint density at radius 3 is 2.29 bits per heavy atom. The lowest BCUT2D eigenvalue weighted by atomic mass is 9.74. The van der Waals surface area contributed by atoms with Crippen LogP contribution in [0.1, 0.15) is 38.4 Å². The minimum atomic E-state index is -1.56. The highest BCUT2D eigenvalue weighted by atomic mass is 35.5. The largest absolute Gasteiger partial charge is 0.468 e. The quantitative estimate of drug-likeness (QED) is 0.669. The van der Waals surface area contributed by atoms with Crippen molar-refractivity contribution in [2.45, 2.75) is 37.7 Å². The molecule has 1 N–H and O–H groups in total. The summed E-state index contributed by atoms with van der Waals surface area (Å²) in [5.41, 5.74) is -0.0983. The Balaban J connectivity index is 2.46. The fraction of sp³-hybridized carbons (Fsp3) is 0.562. The van der Waals surface area contributed by atoms with Crippen molar-refractivity contribution in [1.82, 2.24) is 0 Å². The van der Waals surface area contributed by atoms with E-state index in [1.54, 1.807) is 0 Å². The Kier molecular flexibility index (Phi) is 4.31. The Bertz CT molecular complexity index is 525. The molecular weight excluding hydrogens is 295 g/mol. The van der Waals surface area contributed by atoms with Crippen molar-refractivity contribution >= 4 is 17.6 Å². The minimum Gasteiger partial charge on any atom is -0.468 e. The summed E-state index contributed by atoms with van der Waals surface area (Å²) in [6.07, 6.45) is 0.250. The van der Waals surface area contributed by atoms with Gasteiger partial charge in [-0.05, 0) is 36.5 Å². The second kappa shape index (κ2) is 5.58. The van der Waals surface area contributed by atoms with E-state index in [4.69, 9.17) is 16.3 Å². The molecule has 1 aromatic carbocycles. The van der Waals surface area contributed by atoms with Crippen LogP contribution in [0.5, 0.6) is 0 Å². The van der Waals surface area contributed by atoms with Crippen LogP contribution in [0.25, 0.3) is 0 Å². The zero-order chi connectivity index (χ0) is 15.8. The lowest BCUT2D eigenvalue weighted by Gasteiger charge is -2.39. The number of halogens is 2. The number of esters is 1. The van der Waals surface area contributed by atoms with Gasteiger partial charge in [-0.3, -0.25) is 4.79 Å². The average molecular weight is 315 g/mol. The molecule has 21 heavy (non-hydrogen) atoms. The lowest BCUT2D eigenvalue weighted by molar-refractivity contribution is -0.151. The molecule has 0 aromatic heterocycles.